The minimum atomic E-state index is 0.590. The summed E-state index contributed by atoms with van der Waals surface area (Å²) in [5, 5.41) is 0. The Balaban J connectivity index is 4.23. The molecule has 1 heteroatoms. The van der Waals surface area contributed by atoms with Crippen LogP contribution in [0.5, 0.6) is 0 Å². The smallest absolute Gasteiger partial charge is 0.150 e. The first kappa shape index (κ1) is 8.89. The van der Waals surface area contributed by atoms with Crippen molar-refractivity contribution in [1.82, 2.24) is 0 Å². The van der Waals surface area contributed by atoms with E-state index in [9.17, 15) is 4.79 Å². The fourth-order valence-corrected chi connectivity index (χ4v) is 0.479. The van der Waals surface area contributed by atoms with Gasteiger partial charge in [-0.3, -0.25) is 4.79 Å². The summed E-state index contributed by atoms with van der Waals surface area (Å²) in [5.74, 6) is 0. The lowest BCUT2D eigenvalue weighted by molar-refractivity contribution is -0.104. The summed E-state index contributed by atoms with van der Waals surface area (Å²) < 4.78 is 0. The molecule has 1 nitrogen and oxygen atoms in total. The highest BCUT2D eigenvalue weighted by Crippen LogP contribution is 2.02. The van der Waals surface area contributed by atoms with Crippen LogP contribution in [0.15, 0.2) is 36.5 Å². The third kappa shape index (κ3) is 3.02. The number of rotatable bonds is 4. The molecule has 0 bridgehead atoms. The van der Waals surface area contributed by atoms with Gasteiger partial charge in [0.15, 0.2) is 0 Å². The maximum atomic E-state index is 10.2. The van der Waals surface area contributed by atoms with E-state index in [4.69, 9.17) is 0 Å². The maximum Gasteiger partial charge on any atom is 0.150 e. The van der Waals surface area contributed by atoms with Gasteiger partial charge in [-0.2, -0.15) is 0 Å². The second-order valence-corrected chi connectivity index (χ2v) is 1.98. The van der Waals surface area contributed by atoms with Gasteiger partial charge in [0.1, 0.15) is 6.29 Å². The van der Waals surface area contributed by atoms with E-state index in [0.717, 1.165) is 18.3 Å². The van der Waals surface area contributed by atoms with Crippen LogP contribution in [0.25, 0.3) is 0 Å². The number of hydrogen-bond acceptors (Lipinski definition) is 1. The second kappa shape index (κ2) is 4.74. The molecule has 0 aliphatic rings. The summed E-state index contributed by atoms with van der Waals surface area (Å²) in [7, 11) is 0. The molecule has 54 valence electrons. The highest BCUT2D eigenvalue weighted by atomic mass is 16.1. The SMILES string of the molecule is C=C/C(C=O)=C\C(=C)CC. The van der Waals surface area contributed by atoms with Crippen LogP contribution in [-0.2, 0) is 4.79 Å². The highest BCUT2D eigenvalue weighted by molar-refractivity contribution is 5.78. The monoisotopic (exact) mass is 136 g/mol. The summed E-state index contributed by atoms with van der Waals surface area (Å²) in [6.07, 6.45) is 4.90. The van der Waals surface area contributed by atoms with Crippen LogP contribution in [0.2, 0.25) is 0 Å². The minimum Gasteiger partial charge on any atom is -0.298 e. The van der Waals surface area contributed by atoms with E-state index < -0.39 is 0 Å². The zero-order valence-corrected chi connectivity index (χ0v) is 6.26. The third-order valence-electron chi connectivity index (χ3n) is 1.20. The van der Waals surface area contributed by atoms with Crippen molar-refractivity contribution in [2.45, 2.75) is 13.3 Å². The molecule has 0 aromatic carbocycles. The molecular formula is C9H12O. The number of hydrogen-bond donors (Lipinski definition) is 0. The first-order chi connectivity index (χ1) is 4.74. The van der Waals surface area contributed by atoms with Crippen LogP contribution < -0.4 is 0 Å². The van der Waals surface area contributed by atoms with Gasteiger partial charge in [-0.25, -0.2) is 0 Å². The van der Waals surface area contributed by atoms with Crippen LogP contribution in [0.1, 0.15) is 13.3 Å². The van der Waals surface area contributed by atoms with E-state index in [2.05, 4.69) is 13.2 Å². The number of carbonyl (C=O) groups excluding carboxylic acids is 1. The topological polar surface area (TPSA) is 17.1 Å². The van der Waals surface area contributed by atoms with E-state index in [1.165, 1.54) is 6.08 Å². The Kier molecular flexibility index (Phi) is 4.21. The molecule has 0 N–H and O–H groups in total. The Bertz CT molecular complexity index is 165. The number of carbonyl (C=O) groups is 1. The molecule has 0 aromatic rings. The molecule has 0 aliphatic carbocycles. The normalized spacial score (nSPS) is 10.7. The van der Waals surface area contributed by atoms with E-state index in [-0.39, 0.29) is 0 Å². The zero-order chi connectivity index (χ0) is 7.98. The summed E-state index contributed by atoms with van der Waals surface area (Å²) in [6, 6.07) is 0. The molecule has 0 amide bonds. The Morgan fingerprint density at radius 3 is 2.50 bits per heavy atom. The van der Waals surface area contributed by atoms with Crippen molar-refractivity contribution >= 4 is 6.29 Å². The Morgan fingerprint density at radius 2 is 2.20 bits per heavy atom. The molecule has 10 heavy (non-hydrogen) atoms. The summed E-state index contributed by atoms with van der Waals surface area (Å²) in [6.45, 7) is 9.19. The Morgan fingerprint density at radius 1 is 1.60 bits per heavy atom. The van der Waals surface area contributed by atoms with E-state index in [1.54, 1.807) is 6.08 Å². The van der Waals surface area contributed by atoms with Gasteiger partial charge in [-0.05, 0) is 12.5 Å². The first-order valence-electron chi connectivity index (χ1n) is 3.21. The fraction of sp³-hybridized carbons (Fsp3) is 0.222. The molecule has 0 radical (unpaired) electrons. The van der Waals surface area contributed by atoms with Crippen LogP contribution in [0.3, 0.4) is 0 Å². The molecular weight excluding hydrogens is 124 g/mol. The van der Waals surface area contributed by atoms with Crippen molar-refractivity contribution in [2.75, 3.05) is 0 Å². The quantitative estimate of drug-likeness (QED) is 0.329. The minimum absolute atomic E-state index is 0.590. The standard InChI is InChI=1S/C9H12O/c1-4-8(3)6-9(5-2)7-10/h5-7H,2-4H2,1H3/b9-6+. The fourth-order valence-electron chi connectivity index (χ4n) is 0.479. The molecule has 0 heterocycles. The van der Waals surface area contributed by atoms with Gasteiger partial charge >= 0.3 is 0 Å². The van der Waals surface area contributed by atoms with Crippen molar-refractivity contribution in [3.8, 4) is 0 Å². The largest absolute Gasteiger partial charge is 0.298 e. The summed E-state index contributed by atoms with van der Waals surface area (Å²) >= 11 is 0. The summed E-state index contributed by atoms with van der Waals surface area (Å²) in [5.41, 5.74) is 1.54. The molecule has 0 unspecified atom stereocenters. The van der Waals surface area contributed by atoms with Crippen molar-refractivity contribution in [3.05, 3.63) is 36.5 Å². The molecule has 0 fully saturated rings. The predicted molar refractivity (Wildman–Crippen MR) is 43.8 cm³/mol. The molecule has 0 rings (SSSR count). The van der Waals surface area contributed by atoms with Gasteiger partial charge in [0.25, 0.3) is 0 Å². The van der Waals surface area contributed by atoms with Crippen LogP contribution in [0, 0.1) is 0 Å². The van der Waals surface area contributed by atoms with Crippen LogP contribution in [0.4, 0.5) is 0 Å². The molecule has 0 aliphatic heterocycles. The third-order valence-corrected chi connectivity index (χ3v) is 1.20. The lowest BCUT2D eigenvalue weighted by Gasteiger charge is -1.92. The Labute approximate surface area is 61.8 Å². The van der Waals surface area contributed by atoms with Crippen molar-refractivity contribution in [1.29, 1.82) is 0 Å². The Hall–Kier alpha value is -1.11. The lowest BCUT2D eigenvalue weighted by Crippen LogP contribution is -1.79. The van der Waals surface area contributed by atoms with Gasteiger partial charge in [-0.15, -0.1) is 0 Å². The van der Waals surface area contributed by atoms with Crippen LogP contribution in [-0.4, -0.2) is 6.29 Å². The van der Waals surface area contributed by atoms with E-state index in [1.807, 2.05) is 6.92 Å². The highest BCUT2D eigenvalue weighted by Gasteiger charge is 1.87. The van der Waals surface area contributed by atoms with Crippen molar-refractivity contribution in [2.24, 2.45) is 0 Å². The summed E-state index contributed by atoms with van der Waals surface area (Å²) in [4.78, 5) is 10.2. The first-order valence-corrected chi connectivity index (χ1v) is 3.21. The van der Waals surface area contributed by atoms with Gasteiger partial charge in [-0.1, -0.05) is 31.7 Å². The van der Waals surface area contributed by atoms with Gasteiger partial charge < -0.3 is 0 Å². The van der Waals surface area contributed by atoms with E-state index >= 15 is 0 Å². The molecule has 0 aromatic heterocycles. The van der Waals surface area contributed by atoms with Crippen molar-refractivity contribution < 1.29 is 4.79 Å². The number of allylic oxidation sites excluding steroid dienone is 4. The lowest BCUT2D eigenvalue weighted by atomic mass is 10.1. The average Bonchev–Trinajstić information content (AvgIpc) is 1.99. The van der Waals surface area contributed by atoms with Gasteiger partial charge in [0, 0.05) is 5.57 Å². The molecule has 0 saturated heterocycles. The van der Waals surface area contributed by atoms with Gasteiger partial charge in [0.2, 0.25) is 0 Å². The van der Waals surface area contributed by atoms with E-state index in [0.29, 0.717) is 5.57 Å². The number of aldehydes is 1. The maximum absolute atomic E-state index is 10.2. The average molecular weight is 136 g/mol. The van der Waals surface area contributed by atoms with Gasteiger partial charge in [0.05, 0.1) is 0 Å². The molecule has 0 spiro atoms. The molecule has 0 saturated carbocycles. The second-order valence-electron chi connectivity index (χ2n) is 1.98. The van der Waals surface area contributed by atoms with Crippen molar-refractivity contribution in [3.63, 3.8) is 0 Å². The zero-order valence-electron chi connectivity index (χ0n) is 6.26. The molecule has 0 atom stereocenters. The van der Waals surface area contributed by atoms with Crippen LogP contribution >= 0.6 is 0 Å². The predicted octanol–water partition coefficient (Wildman–Crippen LogP) is 2.26.